The van der Waals surface area contributed by atoms with Crippen LogP contribution in [0.4, 0.5) is 0 Å². The zero-order valence-corrected chi connectivity index (χ0v) is 41.2. The Morgan fingerprint density at radius 3 is 1.03 bits per heavy atom. The molecule has 0 N–H and O–H groups in total. The molecule has 0 aliphatic heterocycles. The third-order valence-corrected chi connectivity index (χ3v) is 16.0. The van der Waals surface area contributed by atoms with Gasteiger partial charge in [0.25, 0.3) is 0 Å². The molecular weight excluding hydrogens is 921 g/mol. The van der Waals surface area contributed by atoms with Crippen molar-refractivity contribution in [1.29, 1.82) is 0 Å². The molecule has 16 rings (SSSR count). The Labute approximate surface area is 437 Å². The molecule has 0 amide bonds. The third-order valence-electron chi connectivity index (χ3n) is 16.0. The van der Waals surface area contributed by atoms with E-state index in [0.717, 1.165) is 66.1 Å². The highest BCUT2D eigenvalue weighted by atomic mass is 16.3. The van der Waals surface area contributed by atoms with Gasteiger partial charge >= 0.3 is 0 Å². The van der Waals surface area contributed by atoms with Gasteiger partial charge in [-0.15, -0.1) is 0 Å². The van der Waals surface area contributed by atoms with Crippen LogP contribution in [0, 0.1) is 0 Å². The number of para-hydroxylation sites is 2. The summed E-state index contributed by atoms with van der Waals surface area (Å²) in [6, 6.07) is 97.7. The molecule has 0 spiro atoms. The van der Waals surface area contributed by atoms with E-state index in [-0.39, 0.29) is 0 Å². The van der Waals surface area contributed by atoms with Crippen LogP contribution in [0.25, 0.3) is 165 Å². The predicted molar refractivity (Wildman–Crippen MR) is 321 cm³/mol. The molecule has 0 saturated heterocycles. The highest BCUT2D eigenvalue weighted by Gasteiger charge is 2.22. The van der Waals surface area contributed by atoms with Gasteiger partial charge in [-0.05, 0) is 175 Å². The van der Waals surface area contributed by atoms with Gasteiger partial charge in [0, 0.05) is 21.5 Å². The maximum Gasteiger partial charge on any atom is 0.136 e. The van der Waals surface area contributed by atoms with Gasteiger partial charge in [-0.25, -0.2) is 0 Å². The molecule has 0 fully saturated rings. The van der Waals surface area contributed by atoms with Crippen molar-refractivity contribution in [3.05, 3.63) is 267 Å². The maximum absolute atomic E-state index is 6.54. The van der Waals surface area contributed by atoms with Crippen molar-refractivity contribution in [2.45, 2.75) is 0 Å². The second-order valence-electron chi connectivity index (χ2n) is 20.2. The van der Waals surface area contributed by atoms with E-state index in [2.05, 4.69) is 255 Å². The molecule has 16 aromatic rings. The summed E-state index contributed by atoms with van der Waals surface area (Å²) >= 11 is 0. The molecule has 14 aromatic carbocycles. The standard InChI is InChI=1S/C74H44O2/c1-2-14-45(15-3-1)47-26-29-48(30-27-47)71-59-20-6-7-21-60(59)72(53-34-36-57-55-18-10-12-24-67(55)75-69(57)43-53)63-38-32-50(41-65(63)71)51-33-39-64-66(42-51)74(52-31-28-46-16-4-5-17-49(46)40-52)62-23-9-8-22-61(62)73(64)54-35-37-58-56-19-11-13-25-68(56)76-70(58)44-54/h1-44H. The van der Waals surface area contributed by atoms with Crippen LogP contribution in [0.3, 0.4) is 0 Å². The SMILES string of the molecule is c1ccc(-c2ccc(-c3c4ccccc4c(-c4ccc5c(c4)oc4ccccc45)c4ccc(-c5ccc6c(-c7ccc8c(c7)oc7ccccc78)c7ccccc7c(-c7ccc8ccccc8c7)c6c5)cc34)cc2)cc1. The monoisotopic (exact) mass is 964 g/mol. The average molecular weight is 965 g/mol. The van der Waals surface area contributed by atoms with Gasteiger partial charge in [0.2, 0.25) is 0 Å². The first-order valence-electron chi connectivity index (χ1n) is 26.1. The van der Waals surface area contributed by atoms with Crippen LogP contribution in [0.5, 0.6) is 0 Å². The minimum atomic E-state index is 0.885. The smallest absolute Gasteiger partial charge is 0.136 e. The zero-order chi connectivity index (χ0) is 49.8. The zero-order valence-electron chi connectivity index (χ0n) is 41.2. The van der Waals surface area contributed by atoms with Crippen LogP contribution in [0.1, 0.15) is 0 Å². The fraction of sp³-hybridized carbons (Fsp3) is 0. The van der Waals surface area contributed by atoms with Crippen LogP contribution >= 0.6 is 0 Å². The van der Waals surface area contributed by atoms with Crippen LogP contribution in [-0.2, 0) is 0 Å². The maximum atomic E-state index is 6.54. The van der Waals surface area contributed by atoms with Crippen LogP contribution in [0.2, 0.25) is 0 Å². The minimum absolute atomic E-state index is 0.885. The molecule has 352 valence electrons. The van der Waals surface area contributed by atoms with Crippen molar-refractivity contribution < 1.29 is 8.83 Å². The van der Waals surface area contributed by atoms with E-state index < -0.39 is 0 Å². The van der Waals surface area contributed by atoms with Gasteiger partial charge in [0.1, 0.15) is 22.3 Å². The van der Waals surface area contributed by atoms with E-state index in [4.69, 9.17) is 8.83 Å². The van der Waals surface area contributed by atoms with Crippen LogP contribution in [-0.4, -0.2) is 0 Å². The van der Waals surface area contributed by atoms with E-state index in [1.807, 2.05) is 12.1 Å². The molecule has 0 unspecified atom stereocenters. The number of benzene rings is 14. The minimum Gasteiger partial charge on any atom is -0.456 e. The van der Waals surface area contributed by atoms with Gasteiger partial charge in [-0.3, -0.25) is 0 Å². The first kappa shape index (κ1) is 42.5. The molecule has 0 radical (unpaired) electrons. The number of hydrogen-bond acceptors (Lipinski definition) is 2. The second-order valence-corrected chi connectivity index (χ2v) is 20.2. The van der Waals surface area contributed by atoms with Crippen molar-refractivity contribution >= 4 is 97.7 Å². The second kappa shape index (κ2) is 16.8. The Hall–Kier alpha value is -10.0. The lowest BCUT2D eigenvalue weighted by Crippen LogP contribution is -1.93. The molecule has 2 heteroatoms. The lowest BCUT2D eigenvalue weighted by Gasteiger charge is -2.20. The molecule has 0 atom stereocenters. The van der Waals surface area contributed by atoms with Gasteiger partial charge in [-0.2, -0.15) is 0 Å². The number of hydrogen-bond donors (Lipinski definition) is 0. The van der Waals surface area contributed by atoms with E-state index in [1.54, 1.807) is 0 Å². The molecule has 2 heterocycles. The number of fused-ring (bicyclic) bond motifs is 11. The van der Waals surface area contributed by atoms with Crippen molar-refractivity contribution in [2.24, 2.45) is 0 Å². The molecule has 0 saturated carbocycles. The topological polar surface area (TPSA) is 26.3 Å². The summed E-state index contributed by atoms with van der Waals surface area (Å²) < 4.78 is 13.1. The molecule has 0 aliphatic rings. The Morgan fingerprint density at radius 1 is 0.158 bits per heavy atom. The summed E-state index contributed by atoms with van der Waals surface area (Å²) in [5.41, 5.74) is 17.7. The lowest BCUT2D eigenvalue weighted by atomic mass is 9.83. The largest absolute Gasteiger partial charge is 0.456 e. The quantitative estimate of drug-likeness (QED) is 0.155. The highest BCUT2D eigenvalue weighted by molar-refractivity contribution is 6.25. The Balaban J connectivity index is 0.962. The van der Waals surface area contributed by atoms with Gasteiger partial charge < -0.3 is 8.83 Å². The molecule has 76 heavy (non-hydrogen) atoms. The summed E-state index contributed by atoms with van der Waals surface area (Å²) in [6.45, 7) is 0. The Bertz CT molecular complexity index is 5030. The fourth-order valence-electron chi connectivity index (χ4n) is 12.5. The normalized spacial score (nSPS) is 11.9. The van der Waals surface area contributed by atoms with Gasteiger partial charge in [-0.1, -0.05) is 212 Å². The number of furan rings is 2. The van der Waals surface area contributed by atoms with Crippen molar-refractivity contribution in [1.82, 2.24) is 0 Å². The Kier molecular flexibility index (Phi) is 9.37. The fourth-order valence-corrected chi connectivity index (χ4v) is 12.5. The summed E-state index contributed by atoms with van der Waals surface area (Å²) in [7, 11) is 0. The van der Waals surface area contributed by atoms with Crippen LogP contribution in [0.15, 0.2) is 276 Å². The molecule has 2 aromatic heterocycles. The first-order chi connectivity index (χ1) is 37.7. The summed E-state index contributed by atoms with van der Waals surface area (Å²) in [6.07, 6.45) is 0. The van der Waals surface area contributed by atoms with E-state index >= 15 is 0 Å². The van der Waals surface area contributed by atoms with E-state index in [1.165, 1.54) is 98.4 Å². The summed E-state index contributed by atoms with van der Waals surface area (Å²) in [5.74, 6) is 0. The summed E-state index contributed by atoms with van der Waals surface area (Å²) in [5, 5.41) is 16.5. The van der Waals surface area contributed by atoms with Crippen molar-refractivity contribution in [2.75, 3.05) is 0 Å². The predicted octanol–water partition coefficient (Wildman–Crippen LogP) is 21.3. The van der Waals surface area contributed by atoms with E-state index in [0.29, 0.717) is 0 Å². The van der Waals surface area contributed by atoms with Crippen molar-refractivity contribution in [3.63, 3.8) is 0 Å². The highest BCUT2D eigenvalue weighted by Crippen LogP contribution is 2.49. The summed E-state index contributed by atoms with van der Waals surface area (Å²) in [4.78, 5) is 0. The van der Waals surface area contributed by atoms with Crippen LogP contribution < -0.4 is 0 Å². The van der Waals surface area contributed by atoms with E-state index in [9.17, 15) is 0 Å². The van der Waals surface area contributed by atoms with Crippen molar-refractivity contribution in [3.8, 4) is 66.8 Å². The Morgan fingerprint density at radius 2 is 0.487 bits per heavy atom. The molecule has 0 bridgehead atoms. The lowest BCUT2D eigenvalue weighted by molar-refractivity contribution is 0.668. The molecular formula is C74H44O2. The third kappa shape index (κ3) is 6.61. The molecule has 0 aliphatic carbocycles. The van der Waals surface area contributed by atoms with Gasteiger partial charge in [0.15, 0.2) is 0 Å². The molecule has 2 nitrogen and oxygen atoms in total. The first-order valence-corrected chi connectivity index (χ1v) is 26.1. The average Bonchev–Trinajstić information content (AvgIpc) is 4.13. The number of rotatable bonds is 6. The van der Waals surface area contributed by atoms with Gasteiger partial charge in [0.05, 0.1) is 0 Å².